The maximum absolute atomic E-state index is 12.5. The molecule has 0 bridgehead atoms. The Morgan fingerprint density at radius 2 is 1.67 bits per heavy atom. The van der Waals surface area contributed by atoms with E-state index in [9.17, 15) is 19.7 Å². The van der Waals surface area contributed by atoms with E-state index in [0.717, 1.165) is 0 Å². The van der Waals surface area contributed by atoms with Crippen LogP contribution in [0, 0.1) is 16.0 Å². The second-order valence-electron chi connectivity index (χ2n) is 6.72. The third-order valence-corrected chi connectivity index (χ3v) is 4.93. The van der Waals surface area contributed by atoms with E-state index in [0.29, 0.717) is 36.9 Å². The minimum absolute atomic E-state index is 0.0185. The van der Waals surface area contributed by atoms with E-state index in [1.807, 2.05) is 0 Å². The van der Waals surface area contributed by atoms with Crippen LogP contribution in [0.3, 0.4) is 0 Å². The lowest BCUT2D eigenvalue weighted by Crippen LogP contribution is -2.29. The van der Waals surface area contributed by atoms with Crippen LogP contribution in [0.2, 0.25) is 0 Å². The Hall–Kier alpha value is -3.22. The van der Waals surface area contributed by atoms with Crippen molar-refractivity contribution in [3.63, 3.8) is 0 Å². The van der Waals surface area contributed by atoms with Crippen LogP contribution >= 0.6 is 0 Å². The van der Waals surface area contributed by atoms with E-state index in [-0.39, 0.29) is 29.0 Å². The maximum Gasteiger partial charge on any atom is 0.306 e. The number of carbonyl (C=O) groups excluding carboxylic acids is 1. The number of nitrogens with one attached hydrogen (secondary N) is 1. The first-order chi connectivity index (χ1) is 13.0. The molecule has 0 amide bonds. The van der Waals surface area contributed by atoms with Gasteiger partial charge < -0.3 is 10.4 Å². The number of nitro groups is 1. The highest BCUT2D eigenvalue weighted by Crippen LogP contribution is 2.31. The van der Waals surface area contributed by atoms with E-state index in [1.165, 1.54) is 6.07 Å². The third kappa shape index (κ3) is 4.31. The predicted molar refractivity (Wildman–Crippen MR) is 100.0 cm³/mol. The van der Waals surface area contributed by atoms with Crippen molar-refractivity contribution < 1.29 is 19.6 Å². The summed E-state index contributed by atoms with van der Waals surface area (Å²) in [6, 6.07) is 13.0. The van der Waals surface area contributed by atoms with E-state index in [1.54, 1.807) is 42.5 Å². The van der Waals surface area contributed by atoms with Crippen LogP contribution in [0.15, 0.2) is 48.5 Å². The second-order valence-corrected chi connectivity index (χ2v) is 6.72. The lowest BCUT2D eigenvalue weighted by Gasteiger charge is -2.27. The summed E-state index contributed by atoms with van der Waals surface area (Å²) in [5.74, 6) is -1.40. The minimum Gasteiger partial charge on any atom is -0.481 e. The zero-order chi connectivity index (χ0) is 19.4. The number of benzene rings is 2. The fraction of sp³-hybridized carbons (Fsp3) is 0.300. The third-order valence-electron chi connectivity index (χ3n) is 4.93. The maximum atomic E-state index is 12.5. The van der Waals surface area contributed by atoms with Crippen LogP contribution in [0.1, 0.15) is 41.6 Å². The molecular weight excluding hydrogens is 348 g/mol. The smallest absolute Gasteiger partial charge is 0.306 e. The zero-order valence-corrected chi connectivity index (χ0v) is 14.6. The average Bonchev–Trinajstić information content (AvgIpc) is 2.68. The Bertz CT molecular complexity index is 858. The summed E-state index contributed by atoms with van der Waals surface area (Å²) in [5, 5.41) is 23.7. The number of carboxylic acids is 1. The van der Waals surface area contributed by atoms with Crippen LogP contribution in [0.4, 0.5) is 11.4 Å². The number of ketones is 1. The standard InChI is InChI=1S/C20H20N2O5/c23-19(13-4-2-1-3-5-13)15-8-11-17(18(12-15)22(26)27)21-16-9-6-14(7-10-16)20(24)25/h1-5,8,11-12,14,16,21H,6-7,9-10H2,(H,24,25). The first kappa shape index (κ1) is 18.6. The lowest BCUT2D eigenvalue weighted by atomic mass is 9.86. The minimum atomic E-state index is -0.789. The van der Waals surface area contributed by atoms with E-state index < -0.39 is 10.9 Å². The quantitative estimate of drug-likeness (QED) is 0.455. The van der Waals surface area contributed by atoms with Crippen molar-refractivity contribution in [3.8, 4) is 0 Å². The molecular formula is C20H20N2O5. The van der Waals surface area contributed by atoms with E-state index in [2.05, 4.69) is 5.32 Å². The molecule has 0 atom stereocenters. The summed E-state index contributed by atoms with van der Waals surface area (Å²) in [7, 11) is 0. The number of carbonyl (C=O) groups is 2. The van der Waals surface area contributed by atoms with Crippen LogP contribution < -0.4 is 5.32 Å². The molecule has 0 radical (unpaired) electrons. The summed E-state index contributed by atoms with van der Waals surface area (Å²) in [4.78, 5) is 34.5. The van der Waals surface area contributed by atoms with Gasteiger partial charge in [-0.05, 0) is 37.8 Å². The molecule has 2 aromatic rings. The molecule has 7 heteroatoms. The molecule has 2 aromatic carbocycles. The molecule has 7 nitrogen and oxygen atoms in total. The molecule has 3 rings (SSSR count). The summed E-state index contributed by atoms with van der Waals surface area (Å²) < 4.78 is 0. The molecule has 1 fully saturated rings. The molecule has 27 heavy (non-hydrogen) atoms. The molecule has 140 valence electrons. The highest BCUT2D eigenvalue weighted by molar-refractivity contribution is 6.09. The number of aliphatic carboxylic acids is 1. The van der Waals surface area contributed by atoms with Crippen molar-refractivity contribution in [2.45, 2.75) is 31.7 Å². The van der Waals surface area contributed by atoms with E-state index >= 15 is 0 Å². The molecule has 0 spiro atoms. The summed E-state index contributed by atoms with van der Waals surface area (Å²) in [6.45, 7) is 0. The number of nitro benzene ring substituents is 1. The predicted octanol–water partition coefficient (Wildman–Crippen LogP) is 3.88. The van der Waals surface area contributed by atoms with Gasteiger partial charge in [0.05, 0.1) is 10.8 Å². The highest BCUT2D eigenvalue weighted by atomic mass is 16.6. The fourth-order valence-corrected chi connectivity index (χ4v) is 3.41. The Morgan fingerprint density at radius 1 is 1.00 bits per heavy atom. The van der Waals surface area contributed by atoms with Crippen molar-refractivity contribution in [1.82, 2.24) is 0 Å². The van der Waals surface area contributed by atoms with Gasteiger partial charge in [0, 0.05) is 23.2 Å². The summed E-state index contributed by atoms with van der Waals surface area (Å²) >= 11 is 0. The first-order valence-corrected chi connectivity index (χ1v) is 8.83. The Labute approximate surface area is 156 Å². The molecule has 1 saturated carbocycles. The number of rotatable bonds is 6. The van der Waals surface area contributed by atoms with Gasteiger partial charge in [-0.3, -0.25) is 19.7 Å². The van der Waals surface area contributed by atoms with Crippen molar-refractivity contribution in [3.05, 3.63) is 69.8 Å². The second kappa shape index (κ2) is 7.99. The van der Waals surface area contributed by atoms with Gasteiger partial charge >= 0.3 is 5.97 Å². The van der Waals surface area contributed by atoms with Crippen molar-refractivity contribution >= 4 is 23.1 Å². The van der Waals surface area contributed by atoms with Gasteiger partial charge in [-0.15, -0.1) is 0 Å². The monoisotopic (exact) mass is 368 g/mol. The van der Waals surface area contributed by atoms with Crippen molar-refractivity contribution in [2.75, 3.05) is 5.32 Å². The fourth-order valence-electron chi connectivity index (χ4n) is 3.41. The largest absolute Gasteiger partial charge is 0.481 e. The molecule has 0 heterocycles. The Kier molecular flexibility index (Phi) is 5.49. The molecule has 1 aliphatic carbocycles. The zero-order valence-electron chi connectivity index (χ0n) is 14.6. The molecule has 0 aromatic heterocycles. The molecule has 0 aliphatic heterocycles. The molecule has 0 unspecified atom stereocenters. The van der Waals surface area contributed by atoms with Gasteiger partial charge in [0.15, 0.2) is 5.78 Å². The number of hydrogen-bond donors (Lipinski definition) is 2. The highest BCUT2D eigenvalue weighted by Gasteiger charge is 2.27. The number of carboxylic acid groups (broad SMARTS) is 1. The number of anilines is 1. The summed E-state index contributed by atoms with van der Waals surface area (Å²) in [6.07, 6.45) is 2.37. The number of nitrogens with zero attached hydrogens (tertiary/aromatic N) is 1. The van der Waals surface area contributed by atoms with Crippen LogP contribution in [0.5, 0.6) is 0 Å². The Morgan fingerprint density at radius 3 is 2.26 bits per heavy atom. The van der Waals surface area contributed by atoms with Crippen molar-refractivity contribution in [2.24, 2.45) is 5.92 Å². The average molecular weight is 368 g/mol. The van der Waals surface area contributed by atoms with E-state index in [4.69, 9.17) is 5.11 Å². The van der Waals surface area contributed by atoms with Gasteiger partial charge in [-0.25, -0.2) is 0 Å². The van der Waals surface area contributed by atoms with Crippen LogP contribution in [0.25, 0.3) is 0 Å². The molecule has 2 N–H and O–H groups in total. The lowest BCUT2D eigenvalue weighted by molar-refractivity contribution is -0.384. The number of hydrogen-bond acceptors (Lipinski definition) is 5. The van der Waals surface area contributed by atoms with Gasteiger partial charge in [0.1, 0.15) is 5.69 Å². The van der Waals surface area contributed by atoms with Gasteiger partial charge in [-0.2, -0.15) is 0 Å². The van der Waals surface area contributed by atoms with Gasteiger partial charge in [0.25, 0.3) is 5.69 Å². The molecule has 1 aliphatic rings. The van der Waals surface area contributed by atoms with Crippen LogP contribution in [-0.4, -0.2) is 27.8 Å². The van der Waals surface area contributed by atoms with Gasteiger partial charge in [-0.1, -0.05) is 30.3 Å². The SMILES string of the molecule is O=C(c1ccccc1)c1ccc(NC2CCC(C(=O)O)CC2)c([N+](=O)[O-])c1. The van der Waals surface area contributed by atoms with Gasteiger partial charge in [0.2, 0.25) is 0 Å². The topological polar surface area (TPSA) is 110 Å². The molecule has 0 saturated heterocycles. The van der Waals surface area contributed by atoms with Crippen molar-refractivity contribution in [1.29, 1.82) is 0 Å². The Balaban J connectivity index is 1.78. The van der Waals surface area contributed by atoms with Crippen LogP contribution in [-0.2, 0) is 4.79 Å². The summed E-state index contributed by atoms with van der Waals surface area (Å²) in [5.41, 5.74) is 0.924. The first-order valence-electron chi connectivity index (χ1n) is 8.83. The normalized spacial score (nSPS) is 19.3.